The molecule has 1 N–H and O–H groups in total. The van der Waals surface area contributed by atoms with Crippen LogP contribution in [0.15, 0.2) is 81.6 Å². The summed E-state index contributed by atoms with van der Waals surface area (Å²) in [6.07, 6.45) is 1.55. The molecule has 1 atom stereocenters. The Kier molecular flexibility index (Phi) is 5.59. The standard InChI is InChI=1S/C25H21FN4O4/c1-15-21(24-28-23(29-34-24)17-7-4-9-19(13-17)32-2)22(16-6-3-8-18(26)12-16)27-25(31)30(15)14-20-10-5-11-33-20/h3-13,22H,14H2,1-2H3,(H,27,31). The molecule has 1 aliphatic heterocycles. The average molecular weight is 460 g/mol. The van der Waals surface area contributed by atoms with Crippen LogP contribution in [0.25, 0.3) is 17.0 Å². The molecule has 9 heteroatoms. The molecule has 1 aliphatic rings. The average Bonchev–Trinajstić information content (AvgIpc) is 3.54. The van der Waals surface area contributed by atoms with Crippen LogP contribution in [-0.2, 0) is 6.54 Å². The van der Waals surface area contributed by atoms with Crippen LogP contribution in [0, 0.1) is 5.82 Å². The molecule has 3 heterocycles. The SMILES string of the molecule is COc1cccc(-c2noc(C3=C(C)N(Cc4ccco4)C(=O)NC3c3cccc(F)c3)n2)c1. The van der Waals surface area contributed by atoms with Gasteiger partial charge in [0.15, 0.2) is 0 Å². The molecule has 2 aromatic carbocycles. The number of rotatable bonds is 6. The van der Waals surface area contributed by atoms with Crippen molar-refractivity contribution in [2.45, 2.75) is 19.5 Å². The highest BCUT2D eigenvalue weighted by Gasteiger charge is 2.36. The van der Waals surface area contributed by atoms with Crippen LogP contribution in [0.2, 0.25) is 0 Å². The van der Waals surface area contributed by atoms with E-state index in [9.17, 15) is 9.18 Å². The van der Waals surface area contributed by atoms with E-state index in [4.69, 9.17) is 13.7 Å². The summed E-state index contributed by atoms with van der Waals surface area (Å²) in [5.41, 5.74) is 2.43. The summed E-state index contributed by atoms with van der Waals surface area (Å²) in [5.74, 6) is 1.44. The Morgan fingerprint density at radius 2 is 2.00 bits per heavy atom. The Balaban J connectivity index is 1.60. The number of urea groups is 1. The van der Waals surface area contributed by atoms with Gasteiger partial charge in [-0.05, 0) is 48.9 Å². The van der Waals surface area contributed by atoms with Crippen molar-refractivity contribution in [3.05, 3.63) is 95.7 Å². The highest BCUT2D eigenvalue weighted by atomic mass is 19.1. The largest absolute Gasteiger partial charge is 0.497 e. The predicted molar refractivity (Wildman–Crippen MR) is 121 cm³/mol. The van der Waals surface area contributed by atoms with Gasteiger partial charge in [-0.25, -0.2) is 9.18 Å². The summed E-state index contributed by atoms with van der Waals surface area (Å²) in [7, 11) is 1.58. The van der Waals surface area contributed by atoms with Gasteiger partial charge < -0.3 is 19.0 Å². The molecule has 2 aromatic heterocycles. The Morgan fingerprint density at radius 3 is 2.76 bits per heavy atom. The van der Waals surface area contributed by atoms with E-state index in [-0.39, 0.29) is 18.5 Å². The second-order valence-corrected chi connectivity index (χ2v) is 7.76. The fourth-order valence-corrected chi connectivity index (χ4v) is 3.96. The number of amides is 2. The van der Waals surface area contributed by atoms with Crippen molar-refractivity contribution in [1.82, 2.24) is 20.4 Å². The zero-order valence-electron chi connectivity index (χ0n) is 18.5. The van der Waals surface area contributed by atoms with Gasteiger partial charge in [-0.2, -0.15) is 4.98 Å². The topological polar surface area (TPSA) is 93.6 Å². The number of carbonyl (C=O) groups excluding carboxylic acids is 1. The third-order valence-corrected chi connectivity index (χ3v) is 5.66. The van der Waals surface area contributed by atoms with Gasteiger partial charge in [0.1, 0.15) is 17.3 Å². The lowest BCUT2D eigenvalue weighted by Gasteiger charge is -2.34. The number of nitrogens with zero attached hydrogens (tertiary/aromatic N) is 3. The highest BCUT2D eigenvalue weighted by molar-refractivity contribution is 5.86. The van der Waals surface area contributed by atoms with Crippen LogP contribution in [0.3, 0.4) is 0 Å². The lowest BCUT2D eigenvalue weighted by molar-refractivity contribution is 0.199. The van der Waals surface area contributed by atoms with Crippen molar-refractivity contribution >= 4 is 11.6 Å². The lowest BCUT2D eigenvalue weighted by Crippen LogP contribution is -2.45. The number of hydrogen-bond acceptors (Lipinski definition) is 6. The first kappa shape index (κ1) is 21.4. The van der Waals surface area contributed by atoms with Gasteiger partial charge in [-0.1, -0.05) is 29.4 Å². The fourth-order valence-electron chi connectivity index (χ4n) is 3.96. The summed E-state index contributed by atoms with van der Waals surface area (Å²) in [5, 5.41) is 7.08. The normalized spacial score (nSPS) is 16.0. The number of benzene rings is 2. The van der Waals surface area contributed by atoms with Gasteiger partial charge in [0, 0.05) is 11.3 Å². The van der Waals surface area contributed by atoms with Crippen LogP contribution in [0.4, 0.5) is 9.18 Å². The minimum Gasteiger partial charge on any atom is -0.497 e. The van der Waals surface area contributed by atoms with E-state index in [2.05, 4.69) is 15.5 Å². The van der Waals surface area contributed by atoms with Crippen molar-refractivity contribution < 1.29 is 22.9 Å². The third kappa shape index (κ3) is 4.03. The number of aromatic nitrogens is 2. The summed E-state index contributed by atoms with van der Waals surface area (Å²) < 4.78 is 30.4. The van der Waals surface area contributed by atoms with Gasteiger partial charge in [-0.3, -0.25) is 4.90 Å². The number of hydrogen-bond donors (Lipinski definition) is 1. The second kappa shape index (κ2) is 8.86. The Labute approximate surface area is 194 Å². The highest BCUT2D eigenvalue weighted by Crippen LogP contribution is 2.38. The molecule has 8 nitrogen and oxygen atoms in total. The van der Waals surface area contributed by atoms with Gasteiger partial charge in [0.25, 0.3) is 5.89 Å². The molecule has 0 fully saturated rings. The van der Waals surface area contributed by atoms with Gasteiger partial charge in [-0.15, -0.1) is 0 Å². The zero-order chi connectivity index (χ0) is 23.7. The van der Waals surface area contributed by atoms with E-state index in [1.165, 1.54) is 17.0 Å². The molecule has 4 aromatic rings. The summed E-state index contributed by atoms with van der Waals surface area (Å²) in [6, 6.07) is 15.8. The van der Waals surface area contributed by atoms with Crippen LogP contribution in [-0.4, -0.2) is 28.2 Å². The number of furan rings is 1. The number of carbonyl (C=O) groups is 1. The molecule has 1 unspecified atom stereocenters. The van der Waals surface area contributed by atoms with E-state index in [1.807, 2.05) is 18.2 Å². The molecule has 0 saturated heterocycles. The molecule has 5 rings (SSSR count). The third-order valence-electron chi connectivity index (χ3n) is 5.66. The minimum atomic E-state index is -0.685. The van der Waals surface area contributed by atoms with Crippen LogP contribution in [0.1, 0.15) is 30.2 Å². The number of nitrogens with one attached hydrogen (secondary N) is 1. The van der Waals surface area contributed by atoms with Crippen molar-refractivity contribution in [1.29, 1.82) is 0 Å². The van der Waals surface area contributed by atoms with Crippen LogP contribution in [0.5, 0.6) is 5.75 Å². The summed E-state index contributed by atoms with van der Waals surface area (Å²) >= 11 is 0. The number of methoxy groups -OCH3 is 1. The maximum absolute atomic E-state index is 14.1. The van der Waals surface area contributed by atoms with Crippen LogP contribution >= 0.6 is 0 Å². The molecular weight excluding hydrogens is 439 g/mol. The first-order valence-electron chi connectivity index (χ1n) is 10.6. The Hall–Kier alpha value is -4.40. The van der Waals surface area contributed by atoms with Gasteiger partial charge in [0.05, 0.1) is 31.5 Å². The lowest BCUT2D eigenvalue weighted by atomic mass is 9.94. The summed E-state index contributed by atoms with van der Waals surface area (Å²) in [4.78, 5) is 19.2. The Bertz CT molecular complexity index is 1360. The first-order chi connectivity index (χ1) is 16.5. The second-order valence-electron chi connectivity index (χ2n) is 7.76. The van der Waals surface area contributed by atoms with E-state index in [1.54, 1.807) is 50.6 Å². The quantitative estimate of drug-likeness (QED) is 0.426. The smallest absolute Gasteiger partial charge is 0.322 e. The molecule has 34 heavy (non-hydrogen) atoms. The number of ether oxygens (including phenoxy) is 1. The zero-order valence-corrected chi connectivity index (χ0v) is 18.5. The van der Waals surface area contributed by atoms with E-state index in [0.29, 0.717) is 39.7 Å². The molecule has 0 spiro atoms. The predicted octanol–water partition coefficient (Wildman–Crippen LogP) is 5.18. The van der Waals surface area contributed by atoms with E-state index < -0.39 is 11.9 Å². The maximum atomic E-state index is 14.1. The first-order valence-corrected chi connectivity index (χ1v) is 10.6. The minimum absolute atomic E-state index is 0.209. The maximum Gasteiger partial charge on any atom is 0.322 e. The monoisotopic (exact) mass is 460 g/mol. The number of allylic oxidation sites excluding steroid dienone is 1. The Morgan fingerprint density at radius 1 is 1.15 bits per heavy atom. The molecule has 2 amide bonds. The molecule has 0 aliphatic carbocycles. The molecule has 172 valence electrons. The van der Waals surface area contributed by atoms with Crippen molar-refractivity contribution in [2.24, 2.45) is 0 Å². The molecule has 0 bridgehead atoms. The summed E-state index contributed by atoms with van der Waals surface area (Å²) in [6.45, 7) is 2.00. The van der Waals surface area contributed by atoms with E-state index >= 15 is 0 Å². The van der Waals surface area contributed by atoms with Gasteiger partial charge >= 0.3 is 6.03 Å². The van der Waals surface area contributed by atoms with E-state index in [0.717, 1.165) is 0 Å². The van der Waals surface area contributed by atoms with Gasteiger partial charge in [0.2, 0.25) is 5.82 Å². The molecule has 0 radical (unpaired) electrons. The number of halogens is 1. The van der Waals surface area contributed by atoms with Crippen molar-refractivity contribution in [3.8, 4) is 17.1 Å². The van der Waals surface area contributed by atoms with Crippen molar-refractivity contribution in [2.75, 3.05) is 7.11 Å². The van der Waals surface area contributed by atoms with Crippen molar-refractivity contribution in [3.63, 3.8) is 0 Å². The molecule has 0 saturated carbocycles. The van der Waals surface area contributed by atoms with Crippen LogP contribution < -0.4 is 10.1 Å². The molecular formula is C25H21FN4O4. The fraction of sp³-hybridized carbons (Fsp3) is 0.160.